The molecule has 0 aromatic carbocycles. The van der Waals surface area contributed by atoms with Gasteiger partial charge < -0.3 is 9.04 Å². The maximum Gasteiger partial charge on any atom is 0.460 e. The van der Waals surface area contributed by atoms with Crippen LogP contribution in [0.1, 0.15) is 12.8 Å². The van der Waals surface area contributed by atoms with Gasteiger partial charge in [-0.2, -0.15) is 74.6 Å². The molecule has 1 saturated heterocycles. The lowest BCUT2D eigenvalue weighted by molar-refractivity contribution is -0.877. The Morgan fingerprint density at radius 1 is 0.528 bits per heavy atom. The Labute approximate surface area is 190 Å². The summed E-state index contributed by atoms with van der Waals surface area (Å²) < 4.78 is 245. The molecule has 218 valence electrons. The average Bonchev–Trinajstić information content (AvgIpc) is 3.03. The molecule has 1 fully saturated rings. The van der Waals surface area contributed by atoms with Crippen LogP contribution < -0.4 is 0 Å². The van der Waals surface area contributed by atoms with Gasteiger partial charge in [0.2, 0.25) is 0 Å². The highest BCUT2D eigenvalue weighted by Crippen LogP contribution is 2.64. The van der Waals surface area contributed by atoms with Crippen LogP contribution in [-0.4, -0.2) is 91.6 Å². The summed E-state index contributed by atoms with van der Waals surface area (Å²) in [7, 11) is -3.55. The highest BCUT2D eigenvalue weighted by Gasteiger charge is 2.95. The lowest BCUT2D eigenvalue weighted by Crippen LogP contribution is -2.75. The van der Waals surface area contributed by atoms with E-state index in [-0.39, 0.29) is 0 Å². The van der Waals surface area contributed by atoms with Gasteiger partial charge in [0, 0.05) is 12.8 Å². The summed E-state index contributed by atoms with van der Waals surface area (Å²) in [6.07, 6.45) is -5.02. The molecule has 0 aromatic heterocycles. The molecule has 1 rings (SSSR count). The molecule has 0 aliphatic carbocycles. The maximum absolute atomic E-state index is 13.0. The van der Waals surface area contributed by atoms with Crippen molar-refractivity contribution >= 4 is 10.1 Å². The van der Waals surface area contributed by atoms with Crippen molar-refractivity contribution in [2.45, 2.75) is 59.8 Å². The summed E-state index contributed by atoms with van der Waals surface area (Å²) in [5.74, 6) is -52.1. The van der Waals surface area contributed by atoms with Gasteiger partial charge in [-0.1, -0.05) is 0 Å². The quantitative estimate of drug-likeness (QED) is 0.225. The molecule has 0 atom stereocenters. The molecule has 0 bridgehead atoms. The van der Waals surface area contributed by atoms with E-state index in [1.54, 1.807) is 0 Å². The Kier molecular flexibility index (Phi) is 8.82. The predicted octanol–water partition coefficient (Wildman–Crippen LogP) is 5.36. The normalized spacial score (nSPS) is 19.1. The third kappa shape index (κ3) is 5.17. The summed E-state index contributed by atoms with van der Waals surface area (Å²) >= 11 is 0. The van der Waals surface area contributed by atoms with Gasteiger partial charge in [-0.25, -0.2) is 8.42 Å². The van der Waals surface area contributed by atoms with Crippen LogP contribution in [0.5, 0.6) is 0 Å². The van der Waals surface area contributed by atoms with Crippen molar-refractivity contribution in [3.05, 3.63) is 0 Å². The summed E-state index contributed by atoms with van der Waals surface area (Å²) in [6.45, 7) is 2.78. The van der Waals surface area contributed by atoms with E-state index in [0.717, 1.165) is 0 Å². The fourth-order valence-electron chi connectivity index (χ4n) is 2.50. The van der Waals surface area contributed by atoms with Crippen molar-refractivity contribution < 1.29 is 92.1 Å². The van der Waals surface area contributed by atoms with Gasteiger partial charge in [0.15, 0.2) is 10.1 Å². The van der Waals surface area contributed by atoms with Gasteiger partial charge in [0.1, 0.15) is 0 Å². The SMILES string of the molecule is C[N+]1(C)CCCC1.O=S(=O)([O-])C(F)(F)C(F)(F)C(F)(F)C(F)(F)C(F)(F)C(F)(F)C(F)(F)C(F)(F)F. The smallest absolute Gasteiger partial charge is 0.460 e. The van der Waals surface area contributed by atoms with E-state index in [1.807, 2.05) is 0 Å². The third-order valence-electron chi connectivity index (χ3n) is 4.78. The molecule has 1 heterocycles. The van der Waals surface area contributed by atoms with Crippen molar-refractivity contribution in [3.8, 4) is 0 Å². The average molecular weight is 599 g/mol. The Hall–Kier alpha value is -1.32. The highest BCUT2D eigenvalue weighted by atomic mass is 32.2. The predicted molar refractivity (Wildman–Crippen MR) is 81.5 cm³/mol. The van der Waals surface area contributed by atoms with E-state index in [2.05, 4.69) is 14.1 Å². The third-order valence-corrected chi connectivity index (χ3v) is 5.67. The van der Waals surface area contributed by atoms with Crippen LogP contribution in [0.2, 0.25) is 0 Å². The highest BCUT2D eigenvalue weighted by molar-refractivity contribution is 7.86. The number of halogens is 17. The number of nitrogens with zero attached hydrogens (tertiary/aromatic N) is 1. The second-order valence-electron chi connectivity index (χ2n) is 8.01. The molecule has 36 heavy (non-hydrogen) atoms. The van der Waals surface area contributed by atoms with Gasteiger partial charge in [-0.05, 0) is 0 Å². The molecule has 4 nitrogen and oxygen atoms in total. The zero-order chi connectivity index (χ0) is 29.8. The van der Waals surface area contributed by atoms with Crippen LogP contribution >= 0.6 is 0 Å². The fourth-order valence-corrected chi connectivity index (χ4v) is 2.94. The minimum absolute atomic E-state index is 1.25. The molecule has 0 radical (unpaired) electrons. The number of quaternary nitrogens is 1. The first-order valence-corrected chi connectivity index (χ1v) is 10.1. The molecular formula is C14H14F17NO3S. The van der Waals surface area contributed by atoms with Crippen molar-refractivity contribution in [3.63, 3.8) is 0 Å². The number of rotatable bonds is 7. The lowest BCUT2D eigenvalue weighted by atomic mass is 9.91. The Balaban J connectivity index is 0.00000148. The number of hydrogen-bond donors (Lipinski definition) is 0. The standard InChI is InChI=1S/C8HF17O3S.C6H14N/c9-1(10,3(13,14)5(17,18)7(21,22)23)2(11,12)4(15,16)6(19,20)8(24,25)29(26,27)28;1-7(2)5-3-4-6-7/h(H,26,27,28);3-6H2,1-2H3/q;+1/p-1. The van der Waals surface area contributed by atoms with E-state index >= 15 is 0 Å². The molecule has 0 aromatic rings. The van der Waals surface area contributed by atoms with Crippen LogP contribution in [0.15, 0.2) is 0 Å². The molecule has 0 amide bonds. The summed E-state index contributed by atoms with van der Waals surface area (Å²) in [6, 6.07) is 0. The van der Waals surface area contributed by atoms with E-state index < -0.39 is 57.1 Å². The minimum atomic E-state index is -8.92. The maximum atomic E-state index is 13.0. The van der Waals surface area contributed by atoms with Crippen LogP contribution in [-0.2, 0) is 10.1 Å². The Morgan fingerprint density at radius 3 is 0.972 bits per heavy atom. The zero-order valence-corrected chi connectivity index (χ0v) is 18.2. The second-order valence-corrected chi connectivity index (χ2v) is 9.43. The monoisotopic (exact) mass is 599 g/mol. The van der Waals surface area contributed by atoms with Crippen LogP contribution in [0.25, 0.3) is 0 Å². The molecule has 0 N–H and O–H groups in total. The van der Waals surface area contributed by atoms with Gasteiger partial charge in [-0.3, -0.25) is 0 Å². The first kappa shape index (κ1) is 34.7. The summed E-state index contributed by atoms with van der Waals surface area (Å²) in [4.78, 5) is 0. The van der Waals surface area contributed by atoms with E-state index in [1.165, 1.54) is 30.4 Å². The lowest BCUT2D eigenvalue weighted by Gasteiger charge is -2.42. The first-order chi connectivity index (χ1) is 15.2. The van der Waals surface area contributed by atoms with E-state index in [4.69, 9.17) is 0 Å². The number of hydrogen-bond acceptors (Lipinski definition) is 3. The van der Waals surface area contributed by atoms with Gasteiger partial charge in [0.25, 0.3) is 0 Å². The van der Waals surface area contributed by atoms with Crippen molar-refractivity contribution in [2.75, 3.05) is 27.2 Å². The molecule has 0 unspecified atom stereocenters. The molecule has 1 aliphatic rings. The molecule has 0 saturated carbocycles. The van der Waals surface area contributed by atoms with Gasteiger partial charge in [0.05, 0.1) is 27.2 Å². The van der Waals surface area contributed by atoms with Crippen LogP contribution in [0.3, 0.4) is 0 Å². The Bertz CT molecular complexity index is 887. The largest absolute Gasteiger partial charge is 0.743 e. The zero-order valence-electron chi connectivity index (χ0n) is 17.3. The van der Waals surface area contributed by atoms with Crippen molar-refractivity contribution in [1.82, 2.24) is 0 Å². The number of likely N-dealkylation sites (tertiary alicyclic amines) is 1. The van der Waals surface area contributed by atoms with Crippen molar-refractivity contribution in [2.24, 2.45) is 0 Å². The van der Waals surface area contributed by atoms with Gasteiger partial charge in [-0.15, -0.1) is 0 Å². The van der Waals surface area contributed by atoms with Crippen molar-refractivity contribution in [1.29, 1.82) is 0 Å². The van der Waals surface area contributed by atoms with Gasteiger partial charge >= 0.3 is 47.0 Å². The second kappa shape index (κ2) is 9.16. The minimum Gasteiger partial charge on any atom is -0.743 e. The summed E-state index contributed by atoms with van der Waals surface area (Å²) in [5.41, 5.74) is 0. The number of alkyl halides is 17. The van der Waals surface area contributed by atoms with Crippen LogP contribution in [0.4, 0.5) is 74.6 Å². The molecule has 22 heteroatoms. The topological polar surface area (TPSA) is 57.2 Å². The molecule has 1 aliphatic heterocycles. The Morgan fingerprint density at radius 2 is 0.778 bits per heavy atom. The van der Waals surface area contributed by atoms with Crippen LogP contribution in [0, 0.1) is 0 Å². The van der Waals surface area contributed by atoms with E-state index in [9.17, 15) is 87.6 Å². The summed E-state index contributed by atoms with van der Waals surface area (Å²) in [5, 5.41) is -7.95. The van der Waals surface area contributed by atoms with E-state index in [0.29, 0.717) is 0 Å². The fraction of sp³-hybridized carbons (Fsp3) is 1.00. The molecular weight excluding hydrogens is 585 g/mol. The first-order valence-electron chi connectivity index (χ1n) is 8.69. The molecule has 0 spiro atoms.